The van der Waals surface area contributed by atoms with Crippen LogP contribution < -0.4 is 5.32 Å². The van der Waals surface area contributed by atoms with Gasteiger partial charge in [0.25, 0.3) is 0 Å². The van der Waals surface area contributed by atoms with Crippen LogP contribution in [0.5, 0.6) is 0 Å². The molecule has 0 bridgehead atoms. The first-order valence-electron chi connectivity index (χ1n) is 12.5. The van der Waals surface area contributed by atoms with Crippen LogP contribution >= 0.6 is 0 Å². The zero-order chi connectivity index (χ0) is 24.5. The number of amides is 4. The molecule has 0 radical (unpaired) electrons. The van der Waals surface area contributed by atoms with E-state index in [2.05, 4.69) is 5.32 Å². The molecule has 1 heterocycles. The number of halogens is 2. The van der Waals surface area contributed by atoms with Crippen molar-refractivity contribution in [1.29, 1.82) is 0 Å². The minimum Gasteiger partial charge on any atom is -0.333 e. The number of hydrogen-bond acceptors (Lipinski definition) is 3. The predicted octanol–water partition coefficient (Wildman–Crippen LogP) is 5.37. The van der Waals surface area contributed by atoms with Gasteiger partial charge in [-0.2, -0.15) is 5.06 Å². The number of nitrogens with one attached hydrogen (secondary N) is 1. The molecule has 7 nitrogen and oxygen atoms in total. The zero-order valence-electron chi connectivity index (χ0n) is 20.1. The van der Waals surface area contributed by atoms with E-state index in [0.29, 0.717) is 5.06 Å². The second kappa shape index (κ2) is 10.1. The van der Waals surface area contributed by atoms with Crippen LogP contribution in [-0.4, -0.2) is 55.9 Å². The van der Waals surface area contributed by atoms with Crippen LogP contribution in [0.15, 0.2) is 18.2 Å². The van der Waals surface area contributed by atoms with Crippen molar-refractivity contribution in [3.63, 3.8) is 0 Å². The fourth-order valence-corrected chi connectivity index (χ4v) is 5.81. The lowest BCUT2D eigenvalue weighted by atomic mass is 9.92. The maximum Gasteiger partial charge on any atom is 0.343 e. The van der Waals surface area contributed by atoms with Crippen LogP contribution in [0.3, 0.4) is 0 Å². The van der Waals surface area contributed by atoms with Gasteiger partial charge >= 0.3 is 12.1 Å². The molecule has 4 amide bonds. The Morgan fingerprint density at radius 1 is 1.06 bits per heavy atom. The topological polar surface area (TPSA) is 76.1 Å². The first kappa shape index (κ1) is 24.7. The number of carbonyl (C=O) groups is 2. The maximum atomic E-state index is 14.5. The lowest BCUT2D eigenvalue weighted by molar-refractivity contribution is -0.141. The molecule has 34 heavy (non-hydrogen) atoms. The normalized spacial score (nSPS) is 23.9. The van der Waals surface area contributed by atoms with Crippen LogP contribution in [-0.2, 0) is 6.54 Å². The minimum absolute atomic E-state index is 0.0112. The van der Waals surface area contributed by atoms with Crippen LogP contribution in [0.4, 0.5) is 18.4 Å². The summed E-state index contributed by atoms with van der Waals surface area (Å²) >= 11 is 0. The van der Waals surface area contributed by atoms with Crippen LogP contribution in [0.25, 0.3) is 0 Å². The number of carbonyl (C=O) groups excluding carboxylic acids is 2. The number of benzene rings is 1. The molecular weight excluding hydrogens is 442 g/mol. The van der Waals surface area contributed by atoms with Gasteiger partial charge in [0.2, 0.25) is 0 Å². The number of rotatable bonds is 5. The zero-order valence-corrected chi connectivity index (χ0v) is 20.1. The molecule has 0 spiro atoms. The van der Waals surface area contributed by atoms with E-state index in [4.69, 9.17) is 0 Å². The van der Waals surface area contributed by atoms with E-state index in [-0.39, 0.29) is 24.2 Å². The molecule has 1 aromatic rings. The maximum absolute atomic E-state index is 14.5. The van der Waals surface area contributed by atoms with Gasteiger partial charge in [0, 0.05) is 17.6 Å². The van der Waals surface area contributed by atoms with Gasteiger partial charge in [-0.05, 0) is 51.7 Å². The van der Waals surface area contributed by atoms with Crippen molar-refractivity contribution in [2.45, 2.75) is 108 Å². The molecule has 1 aliphatic heterocycles. The summed E-state index contributed by atoms with van der Waals surface area (Å²) in [5.41, 5.74) is -1.30. The summed E-state index contributed by atoms with van der Waals surface area (Å²) in [6, 6.07) is 2.39. The number of urea groups is 2. The van der Waals surface area contributed by atoms with Crippen molar-refractivity contribution in [3.05, 3.63) is 35.4 Å². The van der Waals surface area contributed by atoms with Crippen molar-refractivity contribution in [1.82, 2.24) is 20.2 Å². The van der Waals surface area contributed by atoms with Gasteiger partial charge in [0.15, 0.2) is 6.17 Å². The Kier molecular flexibility index (Phi) is 7.31. The molecule has 188 valence electrons. The van der Waals surface area contributed by atoms with E-state index in [1.54, 1.807) is 18.7 Å². The highest BCUT2D eigenvalue weighted by molar-refractivity contribution is 5.81. The highest BCUT2D eigenvalue weighted by atomic mass is 19.1. The third-order valence-corrected chi connectivity index (χ3v) is 7.76. The van der Waals surface area contributed by atoms with Gasteiger partial charge in [-0.25, -0.2) is 18.4 Å². The lowest BCUT2D eigenvalue weighted by Crippen LogP contribution is -2.61. The second-order valence-electron chi connectivity index (χ2n) is 10.4. The highest BCUT2D eigenvalue weighted by Gasteiger charge is 2.57. The molecule has 0 aromatic heterocycles. The summed E-state index contributed by atoms with van der Waals surface area (Å²) in [6.07, 6.45) is 8.41. The molecule has 2 aliphatic carbocycles. The van der Waals surface area contributed by atoms with E-state index < -0.39 is 35.4 Å². The van der Waals surface area contributed by atoms with Crippen LogP contribution in [0.2, 0.25) is 0 Å². The SMILES string of the molecule is CC1(C)[C@@H](N(O)C(=O)NC2CCCCC2)N(C2CCCCC2)C(=O)N1Cc1c(F)cccc1F. The Morgan fingerprint density at radius 2 is 1.62 bits per heavy atom. The molecule has 3 fully saturated rings. The van der Waals surface area contributed by atoms with E-state index in [9.17, 15) is 23.6 Å². The molecule has 1 saturated heterocycles. The third kappa shape index (κ3) is 4.72. The summed E-state index contributed by atoms with van der Waals surface area (Å²) in [4.78, 5) is 29.7. The van der Waals surface area contributed by atoms with E-state index in [1.165, 1.54) is 11.0 Å². The predicted molar refractivity (Wildman–Crippen MR) is 123 cm³/mol. The molecule has 9 heteroatoms. The van der Waals surface area contributed by atoms with Crippen molar-refractivity contribution in [2.24, 2.45) is 0 Å². The fourth-order valence-electron chi connectivity index (χ4n) is 5.81. The Hall–Kier alpha value is -2.42. The molecule has 1 aromatic carbocycles. The average Bonchev–Trinajstić information content (AvgIpc) is 3.02. The van der Waals surface area contributed by atoms with Gasteiger partial charge in [-0.1, -0.05) is 44.6 Å². The van der Waals surface area contributed by atoms with Crippen LogP contribution in [0.1, 0.15) is 83.6 Å². The molecule has 2 N–H and O–H groups in total. The largest absolute Gasteiger partial charge is 0.343 e. The van der Waals surface area contributed by atoms with Crippen molar-refractivity contribution in [2.75, 3.05) is 0 Å². The first-order valence-corrected chi connectivity index (χ1v) is 12.5. The molecule has 2 saturated carbocycles. The molecule has 1 atom stereocenters. The summed E-state index contributed by atoms with van der Waals surface area (Å²) in [6.45, 7) is 3.17. The van der Waals surface area contributed by atoms with E-state index in [0.717, 1.165) is 76.3 Å². The fraction of sp³-hybridized carbons (Fsp3) is 0.680. The monoisotopic (exact) mass is 478 g/mol. The number of hydrogen-bond donors (Lipinski definition) is 2. The summed E-state index contributed by atoms with van der Waals surface area (Å²) in [5.74, 6) is -1.46. The molecule has 0 unspecified atom stereocenters. The minimum atomic E-state index is -1.10. The van der Waals surface area contributed by atoms with E-state index in [1.807, 2.05) is 0 Å². The number of hydroxylamine groups is 2. The smallest absolute Gasteiger partial charge is 0.333 e. The molecular formula is C25H36F2N4O3. The van der Waals surface area contributed by atoms with Crippen molar-refractivity contribution < 1.29 is 23.6 Å². The third-order valence-electron chi connectivity index (χ3n) is 7.76. The lowest BCUT2D eigenvalue weighted by Gasteiger charge is -2.41. The van der Waals surface area contributed by atoms with Gasteiger partial charge in [-0.15, -0.1) is 0 Å². The second-order valence-corrected chi connectivity index (χ2v) is 10.4. The van der Waals surface area contributed by atoms with Crippen molar-refractivity contribution >= 4 is 12.1 Å². The van der Waals surface area contributed by atoms with Gasteiger partial charge in [0.05, 0.1) is 12.1 Å². The summed E-state index contributed by atoms with van der Waals surface area (Å²) in [7, 11) is 0. The van der Waals surface area contributed by atoms with Gasteiger partial charge in [-0.3, -0.25) is 10.1 Å². The summed E-state index contributed by atoms with van der Waals surface area (Å²) in [5, 5.41) is 14.7. The Labute approximate surface area is 200 Å². The van der Waals surface area contributed by atoms with Crippen molar-refractivity contribution in [3.8, 4) is 0 Å². The van der Waals surface area contributed by atoms with E-state index >= 15 is 0 Å². The first-order chi connectivity index (χ1) is 16.2. The van der Waals surface area contributed by atoms with Gasteiger partial charge in [0.1, 0.15) is 11.6 Å². The molecule has 3 aliphatic rings. The summed E-state index contributed by atoms with van der Waals surface area (Å²) < 4.78 is 28.9. The highest BCUT2D eigenvalue weighted by Crippen LogP contribution is 2.40. The quantitative estimate of drug-likeness (QED) is 0.441. The Morgan fingerprint density at radius 3 is 2.21 bits per heavy atom. The average molecular weight is 479 g/mol. The Balaban J connectivity index is 1.63. The van der Waals surface area contributed by atoms with Crippen LogP contribution in [0, 0.1) is 11.6 Å². The standard InChI is InChI=1S/C25H36F2N4O3/c1-25(2)22(31(34)23(32)28-17-10-5-3-6-11-17)30(18-12-7-4-8-13-18)24(33)29(25)16-19-20(26)14-9-15-21(19)27/h9,14-15,17-18,22,34H,3-8,10-13,16H2,1-2H3,(H,28,32)/t22-/m1/s1. The Bertz CT molecular complexity index is 880. The van der Waals surface area contributed by atoms with Gasteiger partial charge < -0.3 is 10.2 Å². The number of nitrogens with zero attached hydrogens (tertiary/aromatic N) is 3. The molecule has 4 rings (SSSR count).